The number of aryl methyl sites for hydroxylation is 2. The van der Waals surface area contributed by atoms with Crippen molar-refractivity contribution in [2.24, 2.45) is 17.8 Å². The van der Waals surface area contributed by atoms with Crippen molar-refractivity contribution in [2.45, 2.75) is 39.3 Å². The normalized spacial score (nSPS) is 27.8. The summed E-state index contributed by atoms with van der Waals surface area (Å²) in [5, 5.41) is 14.0. The highest BCUT2D eigenvalue weighted by molar-refractivity contribution is 6.32. The first-order valence-corrected chi connectivity index (χ1v) is 10.7. The molecule has 0 aliphatic carbocycles. The summed E-state index contributed by atoms with van der Waals surface area (Å²) in [6.07, 6.45) is 0. The average molecular weight is 441 g/mol. The number of carbonyl (C=O) groups excluding carboxylic acids is 2. The zero-order chi connectivity index (χ0) is 22.7. The largest absolute Gasteiger partial charge is 0.480 e. The van der Waals surface area contributed by atoms with Gasteiger partial charge >= 0.3 is 5.97 Å². The number of carboxylic acid groups (broad SMARTS) is 1. The number of nitrogens with zero attached hydrogens (tertiary/aromatic N) is 1. The van der Waals surface area contributed by atoms with Crippen LogP contribution in [-0.4, -0.2) is 28.4 Å². The Hall–Kier alpha value is -2.70. The zero-order valence-electron chi connectivity index (χ0n) is 17.8. The Kier molecular flexibility index (Phi) is 5.18. The van der Waals surface area contributed by atoms with E-state index >= 15 is 0 Å². The fourth-order valence-corrected chi connectivity index (χ4v) is 5.27. The molecule has 0 saturated carbocycles. The molecule has 4 atom stereocenters. The highest BCUT2D eigenvalue weighted by Gasteiger charge is 2.69. The fraction of sp³-hybridized carbons (Fsp3) is 0.375. The number of hydrogen-bond donors (Lipinski definition) is 2. The molecule has 2 aromatic carbocycles. The molecule has 6 nitrogen and oxygen atoms in total. The van der Waals surface area contributed by atoms with Crippen LogP contribution in [0.4, 0.5) is 5.69 Å². The highest BCUT2D eigenvalue weighted by atomic mass is 35.5. The van der Waals surface area contributed by atoms with E-state index in [2.05, 4.69) is 5.32 Å². The van der Waals surface area contributed by atoms with Crippen LogP contribution in [-0.2, 0) is 14.4 Å². The van der Waals surface area contributed by atoms with Gasteiger partial charge in [0.25, 0.3) is 0 Å². The van der Waals surface area contributed by atoms with E-state index in [-0.39, 0.29) is 0 Å². The lowest BCUT2D eigenvalue weighted by atomic mass is 9.73. The molecule has 31 heavy (non-hydrogen) atoms. The van der Waals surface area contributed by atoms with Crippen molar-refractivity contribution in [1.29, 1.82) is 0 Å². The second-order valence-corrected chi connectivity index (χ2v) is 9.16. The van der Waals surface area contributed by atoms with E-state index in [1.54, 1.807) is 32.0 Å². The summed E-state index contributed by atoms with van der Waals surface area (Å²) in [5.74, 6) is -4.31. The Labute approximate surface area is 186 Å². The third-order valence-electron chi connectivity index (χ3n) is 6.80. The van der Waals surface area contributed by atoms with E-state index in [0.717, 1.165) is 21.6 Å². The smallest absolute Gasteiger partial charge is 0.325 e. The third-order valence-corrected chi connectivity index (χ3v) is 7.20. The number of amides is 2. The maximum Gasteiger partial charge on any atom is 0.325 e. The first kappa shape index (κ1) is 21.5. The van der Waals surface area contributed by atoms with Gasteiger partial charge in [-0.05, 0) is 48.6 Å². The maximum absolute atomic E-state index is 13.7. The van der Waals surface area contributed by atoms with Crippen LogP contribution in [0.1, 0.15) is 36.6 Å². The van der Waals surface area contributed by atoms with Gasteiger partial charge in [-0.2, -0.15) is 0 Å². The number of rotatable bonds is 4. The number of imide groups is 1. The van der Waals surface area contributed by atoms with Gasteiger partial charge in [0, 0.05) is 11.1 Å². The number of fused-ring (bicyclic) bond motifs is 1. The van der Waals surface area contributed by atoms with Crippen molar-refractivity contribution in [3.8, 4) is 0 Å². The van der Waals surface area contributed by atoms with Gasteiger partial charge in [-0.15, -0.1) is 0 Å². The number of benzene rings is 2. The predicted octanol–water partition coefficient (Wildman–Crippen LogP) is 3.89. The maximum atomic E-state index is 13.7. The van der Waals surface area contributed by atoms with Crippen LogP contribution in [0.3, 0.4) is 0 Å². The molecular weight excluding hydrogens is 416 g/mol. The minimum absolute atomic E-state index is 0.367. The Balaban J connectivity index is 1.90. The second kappa shape index (κ2) is 7.46. The molecule has 2 heterocycles. The molecule has 4 unspecified atom stereocenters. The number of nitrogens with one attached hydrogen (secondary N) is 1. The van der Waals surface area contributed by atoms with Crippen molar-refractivity contribution >= 4 is 35.1 Å². The molecule has 4 rings (SSSR count). The van der Waals surface area contributed by atoms with Gasteiger partial charge in [0.05, 0.1) is 17.5 Å². The first-order chi connectivity index (χ1) is 14.6. The number of aliphatic carboxylic acids is 1. The third kappa shape index (κ3) is 3.00. The van der Waals surface area contributed by atoms with E-state index in [4.69, 9.17) is 11.6 Å². The summed E-state index contributed by atoms with van der Waals surface area (Å²) in [6.45, 7) is 7.28. The molecular formula is C24H25ClN2O4. The van der Waals surface area contributed by atoms with Gasteiger partial charge < -0.3 is 5.11 Å². The Bertz CT molecular complexity index is 1100. The van der Waals surface area contributed by atoms with Crippen molar-refractivity contribution in [2.75, 3.05) is 4.90 Å². The molecule has 0 bridgehead atoms. The van der Waals surface area contributed by atoms with Crippen LogP contribution in [0, 0.1) is 31.6 Å². The Morgan fingerprint density at radius 1 is 1.10 bits per heavy atom. The number of carbonyl (C=O) groups is 3. The fourth-order valence-electron chi connectivity index (χ4n) is 5.09. The van der Waals surface area contributed by atoms with Crippen LogP contribution in [0.5, 0.6) is 0 Å². The monoisotopic (exact) mass is 440 g/mol. The van der Waals surface area contributed by atoms with Crippen molar-refractivity contribution in [1.82, 2.24) is 5.32 Å². The van der Waals surface area contributed by atoms with Gasteiger partial charge in [0.15, 0.2) is 0 Å². The molecule has 2 saturated heterocycles. The first-order valence-electron chi connectivity index (χ1n) is 10.3. The van der Waals surface area contributed by atoms with Crippen LogP contribution in [0.25, 0.3) is 0 Å². The number of anilines is 1. The molecule has 2 aliphatic rings. The summed E-state index contributed by atoms with van der Waals surface area (Å²) in [6, 6.07) is 12.0. The number of carboxylic acids is 1. The standard InChI is InChI=1S/C24H25ClN2O4/c1-12(2)24(23(30)31)19-18(20(26-24)16-8-6-5-7-13(16)3)21(28)27(22(19)29)15-10-9-14(4)17(25)11-15/h5-12,18-20,26H,1-4H3,(H,30,31). The summed E-state index contributed by atoms with van der Waals surface area (Å²) in [7, 11) is 0. The lowest BCUT2D eigenvalue weighted by molar-refractivity contribution is -0.151. The van der Waals surface area contributed by atoms with Crippen LogP contribution >= 0.6 is 11.6 Å². The van der Waals surface area contributed by atoms with Gasteiger partial charge in [-0.1, -0.05) is 55.8 Å². The predicted molar refractivity (Wildman–Crippen MR) is 118 cm³/mol. The summed E-state index contributed by atoms with van der Waals surface area (Å²) in [5.41, 5.74) is 1.39. The molecule has 2 aliphatic heterocycles. The molecule has 162 valence electrons. The minimum atomic E-state index is -1.56. The van der Waals surface area contributed by atoms with Gasteiger partial charge in [0.2, 0.25) is 11.8 Å². The summed E-state index contributed by atoms with van der Waals surface area (Å²) < 4.78 is 0. The number of halogens is 1. The van der Waals surface area contributed by atoms with Gasteiger partial charge in [0.1, 0.15) is 5.54 Å². The molecule has 2 aromatic rings. The highest BCUT2D eigenvalue weighted by Crippen LogP contribution is 2.52. The van der Waals surface area contributed by atoms with Crippen molar-refractivity contribution in [3.05, 3.63) is 64.2 Å². The Morgan fingerprint density at radius 2 is 1.77 bits per heavy atom. The van der Waals surface area contributed by atoms with Crippen molar-refractivity contribution < 1.29 is 19.5 Å². The molecule has 2 fully saturated rings. The van der Waals surface area contributed by atoms with E-state index in [1.807, 2.05) is 38.1 Å². The zero-order valence-corrected chi connectivity index (χ0v) is 18.6. The van der Waals surface area contributed by atoms with E-state index in [9.17, 15) is 19.5 Å². The second-order valence-electron chi connectivity index (χ2n) is 8.76. The van der Waals surface area contributed by atoms with E-state index in [0.29, 0.717) is 10.7 Å². The van der Waals surface area contributed by atoms with Crippen molar-refractivity contribution in [3.63, 3.8) is 0 Å². The molecule has 7 heteroatoms. The van der Waals surface area contributed by atoms with E-state index in [1.165, 1.54) is 0 Å². The minimum Gasteiger partial charge on any atom is -0.480 e. The molecule has 0 spiro atoms. The lowest BCUT2D eigenvalue weighted by Gasteiger charge is -2.34. The SMILES string of the molecule is Cc1ccc(N2C(=O)C3C(c4ccccc4C)NC(C(=O)O)(C(C)C)C3C2=O)cc1Cl. The number of hydrogen-bond acceptors (Lipinski definition) is 4. The lowest BCUT2D eigenvalue weighted by Crippen LogP contribution is -2.59. The molecule has 0 aromatic heterocycles. The van der Waals surface area contributed by atoms with Gasteiger partial charge in [-0.3, -0.25) is 19.7 Å². The Morgan fingerprint density at radius 3 is 2.35 bits per heavy atom. The van der Waals surface area contributed by atoms with Gasteiger partial charge in [-0.25, -0.2) is 4.90 Å². The van der Waals surface area contributed by atoms with Crippen LogP contribution in [0.15, 0.2) is 42.5 Å². The van der Waals surface area contributed by atoms with Crippen LogP contribution in [0.2, 0.25) is 5.02 Å². The summed E-state index contributed by atoms with van der Waals surface area (Å²) >= 11 is 6.25. The topological polar surface area (TPSA) is 86.7 Å². The average Bonchev–Trinajstić information content (AvgIpc) is 3.20. The summed E-state index contributed by atoms with van der Waals surface area (Å²) in [4.78, 5) is 41.0. The molecule has 0 radical (unpaired) electrons. The van der Waals surface area contributed by atoms with E-state index < -0.39 is 47.1 Å². The molecule has 2 N–H and O–H groups in total. The van der Waals surface area contributed by atoms with Crippen LogP contribution < -0.4 is 10.2 Å². The molecule has 2 amide bonds. The quantitative estimate of drug-likeness (QED) is 0.704.